The van der Waals surface area contributed by atoms with E-state index >= 15 is 0 Å². The lowest BCUT2D eigenvalue weighted by Crippen LogP contribution is -2.31. The minimum atomic E-state index is -0.240. The topological polar surface area (TPSA) is 58.1 Å². The average Bonchev–Trinajstić information content (AvgIpc) is 2.74. The maximum Gasteiger partial charge on any atom is 0.274 e. The summed E-state index contributed by atoms with van der Waals surface area (Å²) in [7, 11) is 0. The molecule has 0 unspecified atom stereocenters. The Balaban J connectivity index is 1.55. The zero-order valence-electron chi connectivity index (χ0n) is 15.8. The Bertz CT molecular complexity index is 883. The van der Waals surface area contributed by atoms with Crippen molar-refractivity contribution in [1.82, 2.24) is 15.1 Å². The lowest BCUT2D eigenvalue weighted by Gasteiger charge is -2.20. The lowest BCUT2D eigenvalue weighted by molar-refractivity contribution is 0.0745. The van der Waals surface area contributed by atoms with Gasteiger partial charge in [-0.15, -0.1) is 10.2 Å². The van der Waals surface area contributed by atoms with E-state index in [0.717, 1.165) is 17.5 Å². The zero-order chi connectivity index (χ0) is 19.8. The summed E-state index contributed by atoms with van der Waals surface area (Å²) < 4.78 is 12.9. The van der Waals surface area contributed by atoms with Crippen LogP contribution < -0.4 is 5.32 Å². The highest BCUT2D eigenvalue weighted by atomic mass is 19.1. The standard InChI is InChI=1S/C22H23FN4O/c1-2-27(16-18-6-4-3-5-7-18)22(28)20-12-13-21(26-25-20)24-15-14-17-8-10-19(23)11-9-17/h3-13H,2,14-16H2,1H3,(H,24,26). The van der Waals surface area contributed by atoms with Crippen LogP contribution in [0.25, 0.3) is 0 Å². The van der Waals surface area contributed by atoms with Gasteiger partial charge in [0.2, 0.25) is 0 Å². The van der Waals surface area contributed by atoms with E-state index in [9.17, 15) is 9.18 Å². The maximum atomic E-state index is 12.9. The Kier molecular flexibility index (Phi) is 6.68. The largest absolute Gasteiger partial charge is 0.368 e. The second-order valence-electron chi connectivity index (χ2n) is 6.41. The van der Waals surface area contributed by atoms with Gasteiger partial charge in [0.05, 0.1) is 0 Å². The molecule has 3 rings (SSSR count). The van der Waals surface area contributed by atoms with Crippen molar-refractivity contribution in [3.8, 4) is 0 Å². The number of anilines is 1. The highest BCUT2D eigenvalue weighted by Crippen LogP contribution is 2.10. The first-order valence-electron chi connectivity index (χ1n) is 9.31. The molecule has 5 nitrogen and oxygen atoms in total. The molecule has 0 saturated heterocycles. The van der Waals surface area contributed by atoms with Crippen LogP contribution in [0.4, 0.5) is 10.2 Å². The Hall–Kier alpha value is -3.28. The van der Waals surface area contributed by atoms with Gasteiger partial charge in [-0.3, -0.25) is 4.79 Å². The molecule has 1 amide bonds. The molecule has 0 fully saturated rings. The number of nitrogens with zero attached hydrogens (tertiary/aromatic N) is 3. The molecule has 0 radical (unpaired) electrons. The van der Waals surface area contributed by atoms with Crippen molar-refractivity contribution < 1.29 is 9.18 Å². The Labute approximate surface area is 164 Å². The fraction of sp³-hybridized carbons (Fsp3) is 0.227. The smallest absolute Gasteiger partial charge is 0.274 e. The van der Waals surface area contributed by atoms with Crippen LogP contribution in [-0.4, -0.2) is 34.1 Å². The summed E-state index contributed by atoms with van der Waals surface area (Å²) in [6.07, 6.45) is 0.739. The number of benzene rings is 2. The number of halogens is 1. The number of aromatic nitrogens is 2. The molecular formula is C22H23FN4O. The monoisotopic (exact) mass is 378 g/mol. The number of carbonyl (C=O) groups excluding carboxylic acids is 1. The average molecular weight is 378 g/mol. The first-order valence-corrected chi connectivity index (χ1v) is 9.31. The molecule has 0 bridgehead atoms. The predicted molar refractivity (Wildman–Crippen MR) is 107 cm³/mol. The van der Waals surface area contributed by atoms with Gasteiger partial charge < -0.3 is 10.2 Å². The van der Waals surface area contributed by atoms with E-state index in [1.54, 1.807) is 29.2 Å². The van der Waals surface area contributed by atoms with Gasteiger partial charge in [0.25, 0.3) is 5.91 Å². The van der Waals surface area contributed by atoms with E-state index in [1.807, 2.05) is 37.3 Å². The van der Waals surface area contributed by atoms with E-state index in [1.165, 1.54) is 12.1 Å². The van der Waals surface area contributed by atoms with Crippen LogP contribution >= 0.6 is 0 Å². The fourth-order valence-corrected chi connectivity index (χ4v) is 2.82. The van der Waals surface area contributed by atoms with E-state index in [2.05, 4.69) is 15.5 Å². The summed E-state index contributed by atoms with van der Waals surface area (Å²) in [5.74, 6) is 0.220. The molecule has 1 aromatic heterocycles. The SMILES string of the molecule is CCN(Cc1ccccc1)C(=O)c1ccc(NCCc2ccc(F)cc2)nn1. The van der Waals surface area contributed by atoms with Gasteiger partial charge >= 0.3 is 0 Å². The summed E-state index contributed by atoms with van der Waals surface area (Å²) in [6, 6.07) is 19.7. The molecule has 3 aromatic rings. The lowest BCUT2D eigenvalue weighted by atomic mass is 10.1. The van der Waals surface area contributed by atoms with Gasteiger partial charge in [-0.05, 0) is 48.7 Å². The number of rotatable bonds is 8. The van der Waals surface area contributed by atoms with Gasteiger partial charge in [-0.25, -0.2) is 4.39 Å². The van der Waals surface area contributed by atoms with Crippen molar-refractivity contribution in [3.63, 3.8) is 0 Å². The van der Waals surface area contributed by atoms with Crippen molar-refractivity contribution in [2.45, 2.75) is 19.9 Å². The van der Waals surface area contributed by atoms with Crippen LogP contribution in [0.3, 0.4) is 0 Å². The molecule has 0 spiro atoms. The molecule has 2 aromatic carbocycles. The Morgan fingerprint density at radius 3 is 2.36 bits per heavy atom. The number of amides is 1. The van der Waals surface area contributed by atoms with Gasteiger partial charge in [0, 0.05) is 19.6 Å². The van der Waals surface area contributed by atoms with Gasteiger partial charge in [-0.2, -0.15) is 0 Å². The number of nitrogens with one attached hydrogen (secondary N) is 1. The molecule has 144 valence electrons. The van der Waals surface area contributed by atoms with Crippen molar-refractivity contribution in [2.75, 3.05) is 18.4 Å². The summed E-state index contributed by atoms with van der Waals surface area (Å²) in [6.45, 7) is 3.71. The van der Waals surface area contributed by atoms with Crippen LogP contribution in [-0.2, 0) is 13.0 Å². The summed E-state index contributed by atoms with van der Waals surface area (Å²) in [5.41, 5.74) is 2.43. The summed E-state index contributed by atoms with van der Waals surface area (Å²) >= 11 is 0. The molecule has 1 heterocycles. The van der Waals surface area contributed by atoms with Gasteiger partial charge in [-0.1, -0.05) is 42.5 Å². The molecule has 0 aliphatic rings. The minimum absolute atomic E-state index is 0.142. The molecule has 0 saturated carbocycles. The predicted octanol–water partition coefficient (Wildman–Crippen LogP) is 3.93. The maximum absolute atomic E-state index is 12.9. The molecule has 28 heavy (non-hydrogen) atoms. The first-order chi connectivity index (χ1) is 13.7. The fourth-order valence-electron chi connectivity index (χ4n) is 2.82. The highest BCUT2D eigenvalue weighted by Gasteiger charge is 2.16. The Morgan fingerprint density at radius 1 is 0.964 bits per heavy atom. The van der Waals surface area contributed by atoms with Crippen molar-refractivity contribution >= 4 is 11.7 Å². The highest BCUT2D eigenvalue weighted by molar-refractivity contribution is 5.92. The van der Waals surface area contributed by atoms with Gasteiger partial charge in [0.1, 0.15) is 11.6 Å². The molecular weight excluding hydrogens is 355 g/mol. The van der Waals surface area contributed by atoms with Crippen molar-refractivity contribution in [1.29, 1.82) is 0 Å². The van der Waals surface area contributed by atoms with Gasteiger partial charge in [0.15, 0.2) is 5.69 Å². The third kappa shape index (κ3) is 5.36. The van der Waals surface area contributed by atoms with Crippen LogP contribution in [0.15, 0.2) is 66.7 Å². The third-order valence-corrected chi connectivity index (χ3v) is 4.40. The molecule has 0 aliphatic carbocycles. The molecule has 1 N–H and O–H groups in total. The van der Waals surface area contributed by atoms with E-state index < -0.39 is 0 Å². The summed E-state index contributed by atoms with van der Waals surface area (Å²) in [5, 5.41) is 11.3. The quantitative estimate of drug-likeness (QED) is 0.645. The van der Waals surface area contributed by atoms with Crippen LogP contribution in [0.1, 0.15) is 28.5 Å². The van der Waals surface area contributed by atoms with E-state index in [4.69, 9.17) is 0 Å². The normalized spacial score (nSPS) is 10.5. The zero-order valence-corrected chi connectivity index (χ0v) is 15.8. The number of carbonyl (C=O) groups is 1. The first kappa shape index (κ1) is 19.5. The number of hydrogen-bond donors (Lipinski definition) is 1. The van der Waals surface area contributed by atoms with E-state index in [0.29, 0.717) is 31.1 Å². The Morgan fingerprint density at radius 2 is 1.71 bits per heavy atom. The minimum Gasteiger partial charge on any atom is -0.368 e. The third-order valence-electron chi connectivity index (χ3n) is 4.40. The number of hydrogen-bond acceptors (Lipinski definition) is 4. The molecule has 0 atom stereocenters. The molecule has 0 aliphatic heterocycles. The van der Waals surface area contributed by atoms with Crippen LogP contribution in [0, 0.1) is 5.82 Å². The van der Waals surface area contributed by atoms with E-state index in [-0.39, 0.29) is 11.7 Å². The summed E-state index contributed by atoms with van der Waals surface area (Å²) in [4.78, 5) is 14.4. The second-order valence-corrected chi connectivity index (χ2v) is 6.41. The molecule has 6 heteroatoms. The van der Waals surface area contributed by atoms with Crippen molar-refractivity contribution in [3.05, 3.63) is 89.4 Å². The van der Waals surface area contributed by atoms with Crippen LogP contribution in [0.5, 0.6) is 0 Å². The van der Waals surface area contributed by atoms with Crippen LogP contribution in [0.2, 0.25) is 0 Å². The van der Waals surface area contributed by atoms with Crippen molar-refractivity contribution in [2.24, 2.45) is 0 Å². The second kappa shape index (κ2) is 9.60.